The number of thiazole rings is 1. The Balaban J connectivity index is 2.08. The highest BCUT2D eigenvalue weighted by Crippen LogP contribution is 2.20. The molecule has 0 aliphatic rings. The Hall–Kier alpha value is -1.14. The van der Waals surface area contributed by atoms with Crippen LogP contribution in [0.5, 0.6) is 0 Å². The summed E-state index contributed by atoms with van der Waals surface area (Å²) in [5, 5.41) is 1.00. The average Bonchev–Trinajstić information content (AvgIpc) is 2.86. The van der Waals surface area contributed by atoms with Crippen molar-refractivity contribution in [3.63, 3.8) is 0 Å². The molecule has 0 N–H and O–H groups in total. The van der Waals surface area contributed by atoms with Gasteiger partial charge in [0.05, 0.1) is 23.4 Å². The highest BCUT2D eigenvalue weighted by atomic mass is 79.9. The van der Waals surface area contributed by atoms with Crippen LogP contribution >= 0.6 is 27.3 Å². The minimum atomic E-state index is -0.0725. The lowest BCUT2D eigenvalue weighted by molar-refractivity contribution is 0.0784. The molecule has 0 fully saturated rings. The molecule has 0 bridgehead atoms. The number of aromatic nitrogens is 1. The van der Waals surface area contributed by atoms with Gasteiger partial charge in [0.2, 0.25) is 0 Å². The Morgan fingerprint density at radius 3 is 2.94 bits per heavy atom. The molecule has 0 spiro atoms. The summed E-state index contributed by atoms with van der Waals surface area (Å²) in [7, 11) is 1.76. The van der Waals surface area contributed by atoms with Gasteiger partial charge in [-0.05, 0) is 28.9 Å². The number of rotatable bonds is 3. The molecule has 2 aromatic heterocycles. The van der Waals surface area contributed by atoms with Crippen LogP contribution in [0.3, 0.4) is 0 Å². The van der Waals surface area contributed by atoms with E-state index in [1.807, 2.05) is 6.92 Å². The predicted molar refractivity (Wildman–Crippen MR) is 69.1 cm³/mol. The fourth-order valence-corrected chi connectivity index (χ4v) is 2.69. The monoisotopic (exact) mass is 314 g/mol. The quantitative estimate of drug-likeness (QED) is 0.874. The number of amides is 1. The van der Waals surface area contributed by atoms with Gasteiger partial charge in [-0.3, -0.25) is 4.79 Å². The summed E-state index contributed by atoms with van der Waals surface area (Å²) >= 11 is 4.80. The molecule has 0 atom stereocenters. The smallest absolute Gasteiger partial charge is 0.258 e. The standard InChI is InChI=1S/C11H11BrN2O2S/c1-7-13-5-8(17-7)6-14(2)11(15)9-3-4-16-10(9)12/h3-5H,6H2,1-2H3. The van der Waals surface area contributed by atoms with Gasteiger partial charge in [-0.15, -0.1) is 11.3 Å². The Morgan fingerprint density at radius 2 is 2.41 bits per heavy atom. The molecule has 2 aromatic rings. The van der Waals surface area contributed by atoms with Crippen LogP contribution in [0.2, 0.25) is 0 Å². The number of carbonyl (C=O) groups is 1. The summed E-state index contributed by atoms with van der Waals surface area (Å²) in [5.74, 6) is -0.0725. The Labute approximate surface area is 111 Å². The lowest BCUT2D eigenvalue weighted by Crippen LogP contribution is -2.25. The third-order valence-electron chi connectivity index (χ3n) is 2.26. The lowest BCUT2D eigenvalue weighted by atomic mass is 10.3. The minimum absolute atomic E-state index is 0.0725. The van der Waals surface area contributed by atoms with Gasteiger partial charge in [-0.2, -0.15) is 0 Å². The maximum Gasteiger partial charge on any atom is 0.258 e. The molecule has 0 aliphatic heterocycles. The summed E-state index contributed by atoms with van der Waals surface area (Å²) < 4.78 is 5.52. The SMILES string of the molecule is Cc1ncc(CN(C)C(=O)c2ccoc2Br)s1. The third kappa shape index (κ3) is 2.76. The molecule has 4 nitrogen and oxygen atoms in total. The number of nitrogens with zero attached hydrogens (tertiary/aromatic N) is 2. The predicted octanol–water partition coefficient (Wildman–Crippen LogP) is 3.08. The van der Waals surface area contributed by atoms with E-state index in [4.69, 9.17) is 4.42 Å². The van der Waals surface area contributed by atoms with Crippen LogP contribution in [0.4, 0.5) is 0 Å². The van der Waals surface area contributed by atoms with Crippen LogP contribution in [0.25, 0.3) is 0 Å². The Kier molecular flexibility index (Phi) is 3.63. The van der Waals surface area contributed by atoms with Crippen LogP contribution in [-0.2, 0) is 6.54 Å². The van der Waals surface area contributed by atoms with E-state index in [9.17, 15) is 4.79 Å². The van der Waals surface area contributed by atoms with Crippen LogP contribution < -0.4 is 0 Å². The maximum atomic E-state index is 12.1. The van der Waals surface area contributed by atoms with Gasteiger partial charge in [0.25, 0.3) is 5.91 Å². The largest absolute Gasteiger partial charge is 0.457 e. The molecule has 0 saturated heterocycles. The first-order chi connectivity index (χ1) is 8.08. The van der Waals surface area contributed by atoms with E-state index in [1.54, 1.807) is 35.5 Å². The first kappa shape index (κ1) is 12.3. The number of furan rings is 1. The molecular weight excluding hydrogens is 304 g/mol. The average molecular weight is 315 g/mol. The lowest BCUT2D eigenvalue weighted by Gasteiger charge is -2.14. The molecule has 0 unspecified atom stereocenters. The van der Waals surface area contributed by atoms with Gasteiger partial charge in [-0.1, -0.05) is 0 Å². The first-order valence-corrected chi connectivity index (χ1v) is 6.58. The summed E-state index contributed by atoms with van der Waals surface area (Å²) in [6.45, 7) is 2.50. The number of aryl methyl sites for hydroxylation is 1. The van der Waals surface area contributed by atoms with Crippen LogP contribution in [0.15, 0.2) is 27.6 Å². The summed E-state index contributed by atoms with van der Waals surface area (Å²) in [4.78, 5) is 18.9. The highest BCUT2D eigenvalue weighted by molar-refractivity contribution is 9.10. The maximum absolute atomic E-state index is 12.1. The zero-order valence-corrected chi connectivity index (χ0v) is 11.8. The van der Waals surface area contributed by atoms with Crippen molar-refractivity contribution >= 4 is 33.2 Å². The molecule has 17 heavy (non-hydrogen) atoms. The van der Waals surface area contributed by atoms with E-state index in [-0.39, 0.29) is 5.91 Å². The van der Waals surface area contributed by atoms with Crippen molar-refractivity contribution in [2.75, 3.05) is 7.05 Å². The second-order valence-electron chi connectivity index (χ2n) is 3.61. The third-order valence-corrected chi connectivity index (χ3v) is 3.77. The Morgan fingerprint density at radius 1 is 1.65 bits per heavy atom. The van der Waals surface area contributed by atoms with Gasteiger partial charge < -0.3 is 9.32 Å². The molecule has 2 heterocycles. The number of hydrogen-bond acceptors (Lipinski definition) is 4. The zero-order valence-electron chi connectivity index (χ0n) is 9.44. The summed E-state index contributed by atoms with van der Waals surface area (Å²) in [6, 6.07) is 1.65. The van der Waals surface area contributed by atoms with Gasteiger partial charge in [0, 0.05) is 18.1 Å². The van der Waals surface area contributed by atoms with E-state index in [2.05, 4.69) is 20.9 Å². The van der Waals surface area contributed by atoms with E-state index in [1.165, 1.54) is 6.26 Å². The molecular formula is C11H11BrN2O2S. The summed E-state index contributed by atoms with van der Waals surface area (Å²) in [6.07, 6.45) is 3.29. The Bertz CT molecular complexity index is 535. The van der Waals surface area contributed by atoms with Crippen molar-refractivity contribution < 1.29 is 9.21 Å². The normalized spacial score (nSPS) is 10.5. The zero-order chi connectivity index (χ0) is 12.4. The molecule has 0 aromatic carbocycles. The van der Waals surface area contributed by atoms with Crippen molar-refractivity contribution in [1.82, 2.24) is 9.88 Å². The van der Waals surface area contributed by atoms with E-state index in [0.29, 0.717) is 16.8 Å². The number of halogens is 1. The van der Waals surface area contributed by atoms with E-state index >= 15 is 0 Å². The number of carbonyl (C=O) groups excluding carboxylic acids is 1. The molecule has 0 radical (unpaired) electrons. The number of hydrogen-bond donors (Lipinski definition) is 0. The van der Waals surface area contributed by atoms with Crippen molar-refractivity contribution in [3.8, 4) is 0 Å². The van der Waals surface area contributed by atoms with Crippen molar-refractivity contribution in [3.05, 3.63) is 38.6 Å². The highest BCUT2D eigenvalue weighted by Gasteiger charge is 2.17. The van der Waals surface area contributed by atoms with Crippen LogP contribution in [-0.4, -0.2) is 22.8 Å². The van der Waals surface area contributed by atoms with Crippen LogP contribution in [0.1, 0.15) is 20.2 Å². The molecule has 0 aliphatic carbocycles. The molecule has 1 amide bonds. The van der Waals surface area contributed by atoms with Gasteiger partial charge in [-0.25, -0.2) is 4.98 Å². The molecule has 6 heteroatoms. The molecule has 90 valence electrons. The fraction of sp³-hybridized carbons (Fsp3) is 0.273. The second-order valence-corrected chi connectivity index (χ2v) is 5.65. The van der Waals surface area contributed by atoms with E-state index in [0.717, 1.165) is 9.88 Å². The summed E-state index contributed by atoms with van der Waals surface area (Å²) in [5.41, 5.74) is 0.536. The second kappa shape index (κ2) is 5.01. The van der Waals surface area contributed by atoms with Gasteiger partial charge in [0.1, 0.15) is 0 Å². The topological polar surface area (TPSA) is 46.3 Å². The fourth-order valence-electron chi connectivity index (χ4n) is 1.44. The van der Waals surface area contributed by atoms with Gasteiger partial charge >= 0.3 is 0 Å². The minimum Gasteiger partial charge on any atom is -0.457 e. The molecule has 0 saturated carbocycles. The molecule has 2 rings (SSSR count). The van der Waals surface area contributed by atoms with Crippen molar-refractivity contribution in [2.45, 2.75) is 13.5 Å². The van der Waals surface area contributed by atoms with Gasteiger partial charge in [0.15, 0.2) is 4.67 Å². The first-order valence-electron chi connectivity index (χ1n) is 4.97. The van der Waals surface area contributed by atoms with Crippen molar-refractivity contribution in [1.29, 1.82) is 0 Å². The van der Waals surface area contributed by atoms with Crippen LogP contribution in [0, 0.1) is 6.92 Å². The van der Waals surface area contributed by atoms with Crippen molar-refractivity contribution in [2.24, 2.45) is 0 Å². The van der Waals surface area contributed by atoms with E-state index < -0.39 is 0 Å².